The summed E-state index contributed by atoms with van der Waals surface area (Å²) in [4.78, 5) is 4.79. The molecule has 1 atom stereocenters. The molecule has 2 heterocycles. The normalized spacial score (nSPS) is 29.2. The van der Waals surface area contributed by atoms with Crippen LogP contribution in [0.3, 0.4) is 0 Å². The Morgan fingerprint density at radius 2 is 2.28 bits per heavy atom. The summed E-state index contributed by atoms with van der Waals surface area (Å²) in [6, 6.07) is 0. The van der Waals surface area contributed by atoms with Crippen molar-refractivity contribution in [3.8, 4) is 0 Å². The summed E-state index contributed by atoms with van der Waals surface area (Å²) >= 11 is 0. The molecule has 0 aliphatic carbocycles. The topological polar surface area (TPSA) is 21.5 Å². The van der Waals surface area contributed by atoms with Gasteiger partial charge in [0.2, 0.25) is 5.50 Å². The van der Waals surface area contributed by atoms with Crippen molar-refractivity contribution in [1.29, 1.82) is 0 Å². The summed E-state index contributed by atoms with van der Waals surface area (Å²) in [6.45, 7) is 7.01. The third-order valence-corrected chi connectivity index (χ3v) is 6.02. The molecule has 0 aromatic carbocycles. The van der Waals surface area contributed by atoms with Gasteiger partial charge in [0.25, 0.3) is 0 Å². The lowest BCUT2D eigenvalue weighted by molar-refractivity contribution is -0.514. The van der Waals surface area contributed by atoms with Crippen LogP contribution in [0.5, 0.6) is 0 Å². The van der Waals surface area contributed by atoms with Gasteiger partial charge in [-0.05, 0) is 31.3 Å². The Balaban J connectivity index is 1.81. The van der Waals surface area contributed by atoms with Crippen LogP contribution in [0.25, 0.3) is 0 Å². The molecule has 2 rings (SSSR count). The van der Waals surface area contributed by atoms with Gasteiger partial charge in [0.15, 0.2) is 0 Å². The fourth-order valence-electron chi connectivity index (χ4n) is 2.18. The number of nitrogens with zero attached hydrogens (tertiary/aromatic N) is 3. The summed E-state index contributed by atoms with van der Waals surface area (Å²) in [5, 5.41) is 4.93. The molecule has 6 heteroatoms. The van der Waals surface area contributed by atoms with Gasteiger partial charge in [0, 0.05) is 23.9 Å². The summed E-state index contributed by atoms with van der Waals surface area (Å²) < 4.78 is 2.48. The third kappa shape index (κ3) is 3.79. The minimum absolute atomic E-state index is 0.416. The van der Waals surface area contributed by atoms with E-state index in [0.717, 1.165) is 6.67 Å². The van der Waals surface area contributed by atoms with E-state index >= 15 is 0 Å². The van der Waals surface area contributed by atoms with Gasteiger partial charge in [0.1, 0.15) is 13.2 Å². The second-order valence-electron chi connectivity index (χ2n) is 5.18. The number of nitrogens with one attached hydrogen (secondary N) is 1. The fraction of sp³-hybridized carbons (Fsp3) is 0.917. The molecule has 0 amide bonds. The van der Waals surface area contributed by atoms with Crippen molar-refractivity contribution in [2.24, 2.45) is 0 Å². The number of amidine groups is 1. The SMILES string of the molecule is CCCCCN1CC[N+](=C2NC(N(C)C)SS2)C1. The lowest BCUT2D eigenvalue weighted by Crippen LogP contribution is -2.39. The summed E-state index contributed by atoms with van der Waals surface area (Å²) in [7, 11) is 8.03. The predicted molar refractivity (Wildman–Crippen MR) is 81.9 cm³/mol. The second-order valence-corrected chi connectivity index (χ2v) is 7.44. The van der Waals surface area contributed by atoms with E-state index in [1.165, 1.54) is 44.1 Å². The van der Waals surface area contributed by atoms with Crippen LogP contribution in [0.15, 0.2) is 0 Å². The van der Waals surface area contributed by atoms with E-state index in [9.17, 15) is 0 Å². The van der Waals surface area contributed by atoms with E-state index in [0.29, 0.717) is 5.50 Å². The summed E-state index contributed by atoms with van der Waals surface area (Å²) in [6.07, 6.45) is 4.02. The first-order valence-corrected chi connectivity index (χ1v) is 9.02. The maximum Gasteiger partial charge on any atom is 0.320 e. The molecule has 18 heavy (non-hydrogen) atoms. The van der Waals surface area contributed by atoms with E-state index in [2.05, 4.69) is 40.7 Å². The number of rotatable bonds is 5. The Morgan fingerprint density at radius 1 is 1.44 bits per heavy atom. The molecule has 0 saturated carbocycles. The van der Waals surface area contributed by atoms with Gasteiger partial charge in [0.05, 0.1) is 0 Å². The first-order chi connectivity index (χ1) is 8.70. The van der Waals surface area contributed by atoms with Gasteiger partial charge in [-0.3, -0.25) is 9.80 Å². The number of unbranched alkanes of at least 4 members (excludes halogenated alkanes) is 2. The highest BCUT2D eigenvalue weighted by Gasteiger charge is 2.33. The minimum atomic E-state index is 0.416. The monoisotopic (exact) mass is 289 g/mol. The van der Waals surface area contributed by atoms with Crippen molar-refractivity contribution < 1.29 is 4.58 Å². The smallest absolute Gasteiger partial charge is 0.264 e. The fourth-order valence-corrected chi connectivity index (χ4v) is 4.85. The average Bonchev–Trinajstić information content (AvgIpc) is 2.97. The molecular weight excluding hydrogens is 264 g/mol. The van der Waals surface area contributed by atoms with Gasteiger partial charge in [-0.25, -0.2) is 9.89 Å². The van der Waals surface area contributed by atoms with Crippen LogP contribution in [-0.2, 0) is 0 Å². The van der Waals surface area contributed by atoms with E-state index < -0.39 is 0 Å². The van der Waals surface area contributed by atoms with Crippen molar-refractivity contribution in [2.45, 2.75) is 31.7 Å². The highest BCUT2D eigenvalue weighted by Crippen LogP contribution is 2.33. The Labute approximate surface area is 119 Å². The van der Waals surface area contributed by atoms with Crippen LogP contribution in [0.1, 0.15) is 26.2 Å². The second kappa shape index (κ2) is 7.03. The molecule has 1 N–H and O–H groups in total. The molecule has 2 saturated heterocycles. The highest BCUT2D eigenvalue weighted by molar-refractivity contribution is 8.83. The zero-order valence-corrected chi connectivity index (χ0v) is 13.3. The largest absolute Gasteiger partial charge is 0.320 e. The standard InChI is InChI=1S/C12H24N4S2/c1-4-5-6-7-15-8-9-16(10-15)12-13-11(14(2)3)17-18-12/h11H,4-10H2,1-3H3/p+1. The Bertz CT molecular complexity index is 306. The molecule has 0 bridgehead atoms. The Hall–Kier alpha value is 0.0900. The van der Waals surface area contributed by atoms with Crippen LogP contribution in [0.4, 0.5) is 0 Å². The molecule has 2 aliphatic rings. The maximum absolute atomic E-state index is 3.59. The first kappa shape index (κ1) is 14.5. The van der Waals surface area contributed by atoms with Crippen molar-refractivity contribution in [3.05, 3.63) is 0 Å². The molecule has 4 nitrogen and oxygen atoms in total. The van der Waals surface area contributed by atoms with Crippen molar-refractivity contribution >= 4 is 26.8 Å². The highest BCUT2D eigenvalue weighted by atomic mass is 33.1. The zero-order valence-electron chi connectivity index (χ0n) is 11.7. The van der Waals surface area contributed by atoms with Crippen molar-refractivity contribution in [2.75, 3.05) is 40.4 Å². The van der Waals surface area contributed by atoms with Crippen molar-refractivity contribution in [3.63, 3.8) is 0 Å². The molecule has 2 aliphatic heterocycles. The van der Waals surface area contributed by atoms with Gasteiger partial charge in [-0.2, -0.15) is 0 Å². The van der Waals surface area contributed by atoms with Crippen LogP contribution in [0.2, 0.25) is 0 Å². The van der Waals surface area contributed by atoms with Gasteiger partial charge in [-0.1, -0.05) is 19.8 Å². The summed E-state index contributed by atoms with van der Waals surface area (Å²) in [5.74, 6) is 0. The van der Waals surface area contributed by atoms with E-state index in [4.69, 9.17) is 0 Å². The van der Waals surface area contributed by atoms with Gasteiger partial charge in [-0.15, -0.1) is 0 Å². The molecule has 0 spiro atoms. The molecule has 0 aromatic heterocycles. The Morgan fingerprint density at radius 3 is 2.94 bits per heavy atom. The quantitative estimate of drug-likeness (QED) is 0.471. The summed E-state index contributed by atoms with van der Waals surface area (Å²) in [5.41, 5.74) is 0.416. The predicted octanol–water partition coefficient (Wildman–Crippen LogP) is 1.65. The average molecular weight is 289 g/mol. The van der Waals surface area contributed by atoms with E-state index in [-0.39, 0.29) is 0 Å². The van der Waals surface area contributed by atoms with Gasteiger partial charge >= 0.3 is 5.17 Å². The van der Waals surface area contributed by atoms with E-state index in [1.807, 2.05) is 21.6 Å². The van der Waals surface area contributed by atoms with E-state index in [1.54, 1.807) is 0 Å². The molecule has 2 fully saturated rings. The third-order valence-electron chi connectivity index (χ3n) is 3.36. The molecule has 104 valence electrons. The van der Waals surface area contributed by atoms with Crippen LogP contribution in [-0.4, -0.2) is 65.4 Å². The maximum atomic E-state index is 3.59. The molecule has 1 unspecified atom stereocenters. The molecular formula is C12H25N4S2+. The van der Waals surface area contributed by atoms with Gasteiger partial charge < -0.3 is 0 Å². The number of hydrogen-bond acceptors (Lipinski definition) is 4. The van der Waals surface area contributed by atoms with Crippen LogP contribution in [0, 0.1) is 0 Å². The lowest BCUT2D eigenvalue weighted by atomic mass is 10.2. The Kier molecular flexibility index (Phi) is 5.66. The first-order valence-electron chi connectivity index (χ1n) is 6.81. The van der Waals surface area contributed by atoms with Crippen LogP contribution >= 0.6 is 21.6 Å². The lowest BCUT2D eigenvalue weighted by Gasteiger charge is -2.13. The minimum Gasteiger partial charge on any atom is -0.264 e. The molecule has 0 aromatic rings. The molecule has 0 radical (unpaired) electrons. The van der Waals surface area contributed by atoms with Crippen LogP contribution < -0.4 is 5.32 Å². The zero-order chi connectivity index (χ0) is 13.0. The van der Waals surface area contributed by atoms with Crippen molar-refractivity contribution in [1.82, 2.24) is 15.1 Å². The number of hydrogen-bond donors (Lipinski definition) is 1.